The molecule has 0 amide bonds. The highest BCUT2D eigenvalue weighted by molar-refractivity contribution is 6.18. The van der Waals surface area contributed by atoms with Gasteiger partial charge in [-0.3, -0.25) is 19.2 Å². The third kappa shape index (κ3) is 4.62. The third-order valence-electron chi connectivity index (χ3n) is 4.03. The summed E-state index contributed by atoms with van der Waals surface area (Å²) in [7, 11) is 0. The Morgan fingerprint density at radius 3 is 2.36 bits per heavy atom. The predicted molar refractivity (Wildman–Crippen MR) is 91.0 cm³/mol. The van der Waals surface area contributed by atoms with E-state index >= 15 is 0 Å². The molecule has 0 aromatic carbocycles. The van der Waals surface area contributed by atoms with E-state index in [4.69, 9.17) is 33.0 Å². The molecule has 1 saturated heterocycles. The number of nitrogens with zero attached hydrogens (tertiary/aromatic N) is 2. The van der Waals surface area contributed by atoms with Crippen LogP contribution < -0.4 is 11.2 Å². The van der Waals surface area contributed by atoms with Crippen molar-refractivity contribution in [3.05, 3.63) is 32.6 Å². The van der Waals surface area contributed by atoms with E-state index in [9.17, 15) is 19.8 Å². The quantitative estimate of drug-likeness (QED) is 0.390. The van der Waals surface area contributed by atoms with E-state index < -0.39 is 42.4 Å². The van der Waals surface area contributed by atoms with Crippen molar-refractivity contribution >= 4 is 23.2 Å². The fraction of sp³-hybridized carbons (Fsp3) is 0.714. The van der Waals surface area contributed by atoms with Gasteiger partial charge < -0.3 is 20.1 Å². The Labute approximate surface area is 153 Å². The van der Waals surface area contributed by atoms with Crippen molar-refractivity contribution in [3.63, 3.8) is 0 Å². The number of aromatic nitrogens is 2. The zero-order chi connectivity index (χ0) is 18.6. The Balaban J connectivity index is 2.31. The predicted octanol–water partition coefficient (Wildman–Crippen LogP) is -1.57. The van der Waals surface area contributed by atoms with E-state index in [1.165, 1.54) is 6.20 Å². The summed E-state index contributed by atoms with van der Waals surface area (Å²) in [6.45, 7) is 0.685. The molecule has 0 radical (unpaired) electrons. The molecule has 1 aliphatic heterocycles. The number of alkyl halides is 2. The lowest BCUT2D eigenvalue weighted by Gasteiger charge is -2.21. The smallest absolute Gasteiger partial charge is 0.330 e. The Morgan fingerprint density at radius 2 is 1.84 bits per heavy atom. The van der Waals surface area contributed by atoms with Crippen LogP contribution in [0.25, 0.3) is 0 Å². The fourth-order valence-corrected chi connectivity index (χ4v) is 3.17. The molecule has 0 unspecified atom stereocenters. The van der Waals surface area contributed by atoms with Gasteiger partial charge in [-0.05, 0) is 0 Å². The Morgan fingerprint density at radius 1 is 1.20 bits per heavy atom. The van der Waals surface area contributed by atoms with Crippen LogP contribution in [-0.2, 0) is 11.3 Å². The highest BCUT2D eigenvalue weighted by Gasteiger charge is 2.43. The Hall–Kier alpha value is -0.940. The first-order valence-corrected chi connectivity index (χ1v) is 8.81. The number of nitrogens with one attached hydrogen (secondary N) is 1. The monoisotopic (exact) mass is 397 g/mol. The van der Waals surface area contributed by atoms with Crippen molar-refractivity contribution in [1.82, 2.24) is 14.5 Å². The molecule has 4 atom stereocenters. The number of hydrogen-bond acceptors (Lipinski definition) is 7. The standard InChI is InChI=1S/C14H21Cl2N3O6/c15-1-3-18(4-2-16)5-8-6-19(14(24)17-12(8)23)13-11(22)10(21)9(7-20)25-13/h6,9-11,13,20-22H,1-5,7H2,(H,17,23,24)/t9-,10-,11-,13-/m1/s1. The summed E-state index contributed by atoms with van der Waals surface area (Å²) in [5.41, 5.74) is -1.10. The van der Waals surface area contributed by atoms with Crippen LogP contribution in [-0.4, -0.2) is 79.5 Å². The van der Waals surface area contributed by atoms with Gasteiger partial charge in [0.2, 0.25) is 0 Å². The number of H-pyrrole nitrogens is 1. The van der Waals surface area contributed by atoms with Gasteiger partial charge in [-0.25, -0.2) is 4.79 Å². The van der Waals surface area contributed by atoms with Gasteiger partial charge in [0.15, 0.2) is 6.23 Å². The van der Waals surface area contributed by atoms with Gasteiger partial charge in [0.05, 0.1) is 6.61 Å². The average molecular weight is 398 g/mol. The summed E-state index contributed by atoms with van der Waals surface area (Å²) >= 11 is 11.5. The second-order valence-electron chi connectivity index (χ2n) is 5.70. The van der Waals surface area contributed by atoms with Gasteiger partial charge in [0.1, 0.15) is 18.3 Å². The van der Waals surface area contributed by atoms with E-state index in [1.54, 1.807) is 0 Å². The molecule has 2 heterocycles. The normalized spacial score (nSPS) is 26.5. The van der Waals surface area contributed by atoms with Gasteiger partial charge in [-0.15, -0.1) is 23.2 Å². The SMILES string of the molecule is O=c1[nH]c(=O)n([C@@H]2O[C@H](CO)[C@@H](O)[C@H]2O)cc1CN(CCCl)CCCl. The van der Waals surface area contributed by atoms with Gasteiger partial charge in [-0.1, -0.05) is 0 Å². The lowest BCUT2D eigenvalue weighted by atomic mass is 10.1. The van der Waals surface area contributed by atoms with Crippen molar-refractivity contribution in [1.29, 1.82) is 0 Å². The first kappa shape index (κ1) is 20.4. The first-order chi connectivity index (χ1) is 11.9. The molecular formula is C14H21Cl2N3O6. The summed E-state index contributed by atoms with van der Waals surface area (Å²) in [5.74, 6) is 0.701. The summed E-state index contributed by atoms with van der Waals surface area (Å²) in [6, 6.07) is 0. The minimum absolute atomic E-state index is 0.198. The molecule has 1 aromatic heterocycles. The van der Waals surface area contributed by atoms with Gasteiger partial charge in [0.25, 0.3) is 5.56 Å². The van der Waals surface area contributed by atoms with Crippen molar-refractivity contribution in [3.8, 4) is 0 Å². The number of rotatable bonds is 8. The van der Waals surface area contributed by atoms with Gasteiger partial charge in [0, 0.05) is 43.2 Å². The number of aliphatic hydroxyl groups is 3. The molecule has 142 valence electrons. The van der Waals surface area contributed by atoms with Crippen LogP contribution in [0, 0.1) is 0 Å². The molecule has 0 bridgehead atoms. The topological polar surface area (TPSA) is 128 Å². The molecule has 4 N–H and O–H groups in total. The lowest BCUT2D eigenvalue weighted by Crippen LogP contribution is -2.40. The zero-order valence-electron chi connectivity index (χ0n) is 13.3. The molecular weight excluding hydrogens is 377 g/mol. The Bertz CT molecular complexity index is 675. The number of aliphatic hydroxyl groups excluding tert-OH is 3. The number of halogens is 2. The molecule has 0 saturated carbocycles. The van der Waals surface area contributed by atoms with Crippen molar-refractivity contribution in [2.75, 3.05) is 31.5 Å². The van der Waals surface area contributed by atoms with Gasteiger partial charge in [-0.2, -0.15) is 0 Å². The maximum atomic E-state index is 12.1. The van der Waals surface area contributed by atoms with Crippen molar-refractivity contribution < 1.29 is 20.1 Å². The number of aromatic amines is 1. The molecule has 1 aromatic rings. The molecule has 0 aliphatic carbocycles. The van der Waals surface area contributed by atoms with Crippen LogP contribution in [0.2, 0.25) is 0 Å². The molecule has 1 fully saturated rings. The molecule has 9 nitrogen and oxygen atoms in total. The second kappa shape index (κ2) is 9.13. The zero-order valence-corrected chi connectivity index (χ0v) is 14.9. The van der Waals surface area contributed by atoms with Crippen molar-refractivity contribution in [2.24, 2.45) is 0 Å². The molecule has 2 rings (SSSR count). The van der Waals surface area contributed by atoms with Crippen LogP contribution in [0.5, 0.6) is 0 Å². The lowest BCUT2D eigenvalue weighted by molar-refractivity contribution is -0.0551. The number of ether oxygens (including phenoxy) is 1. The molecule has 25 heavy (non-hydrogen) atoms. The largest absolute Gasteiger partial charge is 0.394 e. The summed E-state index contributed by atoms with van der Waals surface area (Å²) in [6.07, 6.45) is -3.73. The van der Waals surface area contributed by atoms with Crippen LogP contribution in [0.3, 0.4) is 0 Å². The van der Waals surface area contributed by atoms with Crippen LogP contribution >= 0.6 is 23.2 Å². The summed E-state index contributed by atoms with van der Waals surface area (Å²) < 4.78 is 6.33. The van der Waals surface area contributed by atoms with E-state index in [0.717, 1.165) is 4.57 Å². The molecule has 1 aliphatic rings. The van der Waals surface area contributed by atoms with E-state index in [0.29, 0.717) is 24.8 Å². The summed E-state index contributed by atoms with van der Waals surface area (Å²) in [4.78, 5) is 28.2. The average Bonchev–Trinajstić information content (AvgIpc) is 2.85. The maximum Gasteiger partial charge on any atom is 0.330 e. The second-order valence-corrected chi connectivity index (χ2v) is 6.46. The highest BCUT2D eigenvalue weighted by Crippen LogP contribution is 2.28. The first-order valence-electron chi connectivity index (χ1n) is 7.74. The Kier molecular flexibility index (Phi) is 7.44. The molecule has 0 spiro atoms. The maximum absolute atomic E-state index is 12.1. The highest BCUT2D eigenvalue weighted by atomic mass is 35.5. The third-order valence-corrected chi connectivity index (χ3v) is 4.37. The fourth-order valence-electron chi connectivity index (χ4n) is 2.69. The van der Waals surface area contributed by atoms with Crippen molar-refractivity contribution in [2.45, 2.75) is 31.1 Å². The van der Waals surface area contributed by atoms with Crippen LogP contribution in [0.1, 0.15) is 11.8 Å². The molecule has 11 heteroatoms. The minimum Gasteiger partial charge on any atom is -0.394 e. The van der Waals surface area contributed by atoms with Crippen LogP contribution in [0.15, 0.2) is 15.8 Å². The minimum atomic E-state index is -1.42. The van der Waals surface area contributed by atoms with Crippen LogP contribution in [0.4, 0.5) is 0 Å². The van der Waals surface area contributed by atoms with Gasteiger partial charge >= 0.3 is 5.69 Å². The van der Waals surface area contributed by atoms with E-state index in [-0.39, 0.29) is 12.1 Å². The summed E-state index contributed by atoms with van der Waals surface area (Å²) in [5, 5.41) is 29.0. The van der Waals surface area contributed by atoms with E-state index in [1.807, 2.05) is 4.90 Å². The van der Waals surface area contributed by atoms with E-state index in [2.05, 4.69) is 4.98 Å². The number of hydrogen-bond donors (Lipinski definition) is 4.